The number of aryl methyl sites for hydroxylation is 1. The van der Waals surface area contributed by atoms with E-state index in [9.17, 15) is 0 Å². The van der Waals surface area contributed by atoms with Gasteiger partial charge in [0.15, 0.2) is 0 Å². The first-order valence-electron chi connectivity index (χ1n) is 3.39. The van der Waals surface area contributed by atoms with Crippen molar-refractivity contribution in [3.05, 3.63) is 29.6 Å². The van der Waals surface area contributed by atoms with Crippen LogP contribution >= 0.6 is 24.8 Å². The fourth-order valence-corrected chi connectivity index (χ4v) is 0.895. The van der Waals surface area contributed by atoms with Crippen molar-refractivity contribution in [3.8, 4) is 0 Å². The van der Waals surface area contributed by atoms with E-state index in [2.05, 4.69) is 16.4 Å². The molecule has 1 heterocycles. The van der Waals surface area contributed by atoms with E-state index in [0.29, 0.717) is 0 Å². The molecule has 0 amide bonds. The second kappa shape index (κ2) is 7.35. The Morgan fingerprint density at radius 2 is 2.08 bits per heavy atom. The average molecular weight is 209 g/mol. The molecule has 0 aliphatic rings. The fraction of sp³-hybridized carbons (Fsp3) is 0.375. The summed E-state index contributed by atoms with van der Waals surface area (Å²) in [5.74, 6) is 0. The monoisotopic (exact) mass is 208 g/mol. The van der Waals surface area contributed by atoms with Crippen LogP contribution in [0.5, 0.6) is 0 Å². The standard InChI is InChI=1S/C8H12N2.2ClH/c1-7-8(6-9-2)4-3-5-10-7;;/h3-5,9H,6H2,1-2H3;2*1H. The zero-order valence-corrected chi connectivity index (χ0v) is 8.84. The van der Waals surface area contributed by atoms with Gasteiger partial charge in [-0.05, 0) is 25.6 Å². The molecule has 0 unspecified atom stereocenters. The molecule has 2 nitrogen and oxygen atoms in total. The van der Waals surface area contributed by atoms with Gasteiger partial charge in [0.05, 0.1) is 0 Å². The molecule has 4 heteroatoms. The Morgan fingerprint density at radius 3 is 2.58 bits per heavy atom. The van der Waals surface area contributed by atoms with Crippen LogP contribution in [0.2, 0.25) is 0 Å². The van der Waals surface area contributed by atoms with Crippen LogP contribution in [-0.2, 0) is 6.54 Å². The number of pyridine rings is 1. The van der Waals surface area contributed by atoms with Crippen molar-refractivity contribution in [2.45, 2.75) is 13.5 Å². The Morgan fingerprint density at radius 1 is 1.42 bits per heavy atom. The molecule has 12 heavy (non-hydrogen) atoms. The average Bonchev–Trinajstić information content (AvgIpc) is 1.94. The Bertz CT molecular complexity index is 216. The lowest BCUT2D eigenvalue weighted by Crippen LogP contribution is -2.06. The largest absolute Gasteiger partial charge is 0.316 e. The molecule has 1 rings (SSSR count). The van der Waals surface area contributed by atoms with Gasteiger partial charge in [0.25, 0.3) is 0 Å². The van der Waals surface area contributed by atoms with E-state index in [0.717, 1.165) is 12.2 Å². The molecular formula is C8H14Cl2N2. The van der Waals surface area contributed by atoms with Gasteiger partial charge in [0.2, 0.25) is 0 Å². The van der Waals surface area contributed by atoms with E-state index in [-0.39, 0.29) is 24.8 Å². The summed E-state index contributed by atoms with van der Waals surface area (Å²) < 4.78 is 0. The molecule has 1 aromatic heterocycles. The van der Waals surface area contributed by atoms with Gasteiger partial charge in [0.1, 0.15) is 0 Å². The van der Waals surface area contributed by atoms with Crippen molar-refractivity contribution in [2.24, 2.45) is 0 Å². The Kier molecular flexibility index (Phi) is 8.71. The summed E-state index contributed by atoms with van der Waals surface area (Å²) in [7, 11) is 1.94. The third-order valence-corrected chi connectivity index (χ3v) is 1.48. The second-order valence-electron chi connectivity index (χ2n) is 2.28. The molecule has 0 saturated carbocycles. The Labute approximate surface area is 85.6 Å². The van der Waals surface area contributed by atoms with Gasteiger partial charge < -0.3 is 5.32 Å². The van der Waals surface area contributed by atoms with Gasteiger partial charge in [-0.25, -0.2) is 0 Å². The maximum Gasteiger partial charge on any atom is 0.0417 e. The summed E-state index contributed by atoms with van der Waals surface area (Å²) in [5, 5.41) is 3.08. The molecule has 1 aromatic rings. The van der Waals surface area contributed by atoms with E-state index in [1.807, 2.05) is 26.2 Å². The van der Waals surface area contributed by atoms with Gasteiger partial charge in [-0.3, -0.25) is 4.98 Å². The maximum absolute atomic E-state index is 4.16. The molecule has 0 spiro atoms. The highest BCUT2D eigenvalue weighted by atomic mass is 35.5. The molecule has 0 radical (unpaired) electrons. The van der Waals surface area contributed by atoms with Crippen LogP contribution < -0.4 is 5.32 Å². The second-order valence-corrected chi connectivity index (χ2v) is 2.28. The van der Waals surface area contributed by atoms with Crippen LogP contribution in [0, 0.1) is 6.92 Å². The van der Waals surface area contributed by atoms with Crippen LogP contribution in [0.25, 0.3) is 0 Å². The maximum atomic E-state index is 4.16. The van der Waals surface area contributed by atoms with E-state index in [1.165, 1.54) is 5.56 Å². The minimum Gasteiger partial charge on any atom is -0.316 e. The number of rotatable bonds is 2. The van der Waals surface area contributed by atoms with Gasteiger partial charge in [-0.15, -0.1) is 24.8 Å². The van der Waals surface area contributed by atoms with Crippen molar-refractivity contribution in [2.75, 3.05) is 7.05 Å². The first-order valence-corrected chi connectivity index (χ1v) is 3.39. The molecule has 0 aliphatic heterocycles. The van der Waals surface area contributed by atoms with E-state index >= 15 is 0 Å². The van der Waals surface area contributed by atoms with Crippen LogP contribution in [-0.4, -0.2) is 12.0 Å². The lowest BCUT2D eigenvalue weighted by atomic mass is 10.2. The number of aromatic nitrogens is 1. The van der Waals surface area contributed by atoms with Gasteiger partial charge in [-0.2, -0.15) is 0 Å². The lowest BCUT2D eigenvalue weighted by molar-refractivity contribution is 0.804. The predicted molar refractivity (Wildman–Crippen MR) is 56.2 cm³/mol. The first-order chi connectivity index (χ1) is 4.84. The molecule has 1 N–H and O–H groups in total. The van der Waals surface area contributed by atoms with Gasteiger partial charge in [-0.1, -0.05) is 6.07 Å². The Balaban J connectivity index is 0. The summed E-state index contributed by atoms with van der Waals surface area (Å²) in [6.45, 7) is 2.92. The third kappa shape index (κ3) is 3.90. The number of halogens is 2. The zero-order chi connectivity index (χ0) is 7.40. The topological polar surface area (TPSA) is 24.9 Å². The highest BCUT2D eigenvalue weighted by Gasteiger charge is 1.93. The quantitative estimate of drug-likeness (QED) is 0.805. The molecule has 0 atom stereocenters. The van der Waals surface area contributed by atoms with Gasteiger partial charge in [0, 0.05) is 18.4 Å². The third-order valence-electron chi connectivity index (χ3n) is 1.48. The summed E-state index contributed by atoms with van der Waals surface area (Å²) in [5.41, 5.74) is 2.38. The molecule has 0 bridgehead atoms. The molecule has 0 aliphatic carbocycles. The number of hydrogen-bond donors (Lipinski definition) is 1. The first kappa shape index (κ1) is 14.2. The number of nitrogens with zero attached hydrogens (tertiary/aromatic N) is 1. The van der Waals surface area contributed by atoms with Crippen molar-refractivity contribution in [3.63, 3.8) is 0 Å². The van der Waals surface area contributed by atoms with E-state index in [1.54, 1.807) is 0 Å². The Hall–Kier alpha value is -0.310. The van der Waals surface area contributed by atoms with Crippen LogP contribution in [0.3, 0.4) is 0 Å². The minimum atomic E-state index is 0. The molecule has 0 aromatic carbocycles. The lowest BCUT2D eigenvalue weighted by Gasteiger charge is -2.01. The molecule has 0 fully saturated rings. The predicted octanol–water partition coefficient (Wildman–Crippen LogP) is 1.95. The minimum absolute atomic E-state index is 0. The molecular weight excluding hydrogens is 195 g/mol. The smallest absolute Gasteiger partial charge is 0.0417 e. The summed E-state index contributed by atoms with van der Waals surface area (Å²) in [6, 6.07) is 4.04. The zero-order valence-electron chi connectivity index (χ0n) is 7.20. The van der Waals surface area contributed by atoms with Crippen molar-refractivity contribution < 1.29 is 0 Å². The highest BCUT2D eigenvalue weighted by Crippen LogP contribution is 2.01. The summed E-state index contributed by atoms with van der Waals surface area (Å²) >= 11 is 0. The number of nitrogens with one attached hydrogen (secondary N) is 1. The fourth-order valence-electron chi connectivity index (χ4n) is 0.895. The SMILES string of the molecule is CNCc1cccnc1C.Cl.Cl. The molecule has 0 saturated heterocycles. The van der Waals surface area contributed by atoms with E-state index in [4.69, 9.17) is 0 Å². The van der Waals surface area contributed by atoms with Gasteiger partial charge >= 0.3 is 0 Å². The van der Waals surface area contributed by atoms with Crippen molar-refractivity contribution in [1.82, 2.24) is 10.3 Å². The van der Waals surface area contributed by atoms with Crippen molar-refractivity contribution in [1.29, 1.82) is 0 Å². The normalized spacial score (nSPS) is 8.17. The van der Waals surface area contributed by atoms with Crippen LogP contribution in [0.15, 0.2) is 18.3 Å². The molecule has 70 valence electrons. The van der Waals surface area contributed by atoms with Crippen LogP contribution in [0.4, 0.5) is 0 Å². The summed E-state index contributed by atoms with van der Waals surface area (Å²) in [4.78, 5) is 4.16. The summed E-state index contributed by atoms with van der Waals surface area (Å²) in [6.07, 6.45) is 1.81. The highest BCUT2D eigenvalue weighted by molar-refractivity contribution is 5.85. The van der Waals surface area contributed by atoms with E-state index < -0.39 is 0 Å². The van der Waals surface area contributed by atoms with Crippen molar-refractivity contribution >= 4 is 24.8 Å². The number of hydrogen-bond acceptors (Lipinski definition) is 2. The van der Waals surface area contributed by atoms with Crippen LogP contribution in [0.1, 0.15) is 11.3 Å².